The van der Waals surface area contributed by atoms with E-state index in [0.29, 0.717) is 11.3 Å². The number of para-hydroxylation sites is 1. The van der Waals surface area contributed by atoms with E-state index in [0.717, 1.165) is 17.8 Å². The van der Waals surface area contributed by atoms with Crippen LogP contribution in [-0.2, 0) is 11.4 Å². The number of hydrogen-bond donors (Lipinski definition) is 0. The highest BCUT2D eigenvalue weighted by Gasteiger charge is 2.17. The SMILES string of the molecule is Cc1cccc(CON=C(c2ccc(=O)n(-c3c(Cl)cccc3Cl)c2)c2ccc(F)cc2F)n1. The average Bonchev–Trinajstić information content (AvgIpc) is 2.79. The monoisotopic (exact) mass is 499 g/mol. The van der Waals surface area contributed by atoms with Gasteiger partial charge in [-0.1, -0.05) is 40.5 Å². The Kier molecular flexibility index (Phi) is 7.05. The maximum Gasteiger partial charge on any atom is 0.255 e. The first-order valence-corrected chi connectivity index (χ1v) is 10.8. The first-order chi connectivity index (χ1) is 16.3. The van der Waals surface area contributed by atoms with Crippen molar-refractivity contribution in [1.29, 1.82) is 0 Å². The maximum absolute atomic E-state index is 14.7. The molecular weight excluding hydrogens is 483 g/mol. The van der Waals surface area contributed by atoms with Gasteiger partial charge in [-0.05, 0) is 49.4 Å². The Balaban J connectivity index is 1.81. The molecule has 0 saturated heterocycles. The molecule has 0 atom stereocenters. The van der Waals surface area contributed by atoms with Crippen LogP contribution < -0.4 is 5.56 Å². The van der Waals surface area contributed by atoms with Crippen molar-refractivity contribution in [2.45, 2.75) is 13.5 Å². The summed E-state index contributed by atoms with van der Waals surface area (Å²) >= 11 is 12.6. The van der Waals surface area contributed by atoms with Crippen LogP contribution in [0.5, 0.6) is 0 Å². The predicted octanol–water partition coefficient (Wildman–Crippen LogP) is 6.10. The number of halogens is 4. The molecule has 0 spiro atoms. The molecule has 4 aromatic rings. The molecule has 9 heteroatoms. The number of oxime groups is 1. The number of aryl methyl sites for hydroxylation is 1. The fourth-order valence-corrected chi connectivity index (χ4v) is 3.88. The number of rotatable bonds is 6. The molecule has 172 valence electrons. The molecule has 0 amide bonds. The van der Waals surface area contributed by atoms with E-state index in [1.807, 2.05) is 19.1 Å². The molecule has 0 saturated carbocycles. The van der Waals surface area contributed by atoms with Gasteiger partial charge in [-0.15, -0.1) is 0 Å². The fourth-order valence-electron chi connectivity index (χ4n) is 3.30. The number of benzene rings is 2. The highest BCUT2D eigenvalue weighted by molar-refractivity contribution is 6.37. The second-order valence-corrected chi connectivity index (χ2v) is 8.12. The average molecular weight is 500 g/mol. The highest BCUT2D eigenvalue weighted by Crippen LogP contribution is 2.28. The Hall–Kier alpha value is -3.55. The summed E-state index contributed by atoms with van der Waals surface area (Å²) in [6, 6.07) is 16.1. The molecule has 2 heterocycles. The van der Waals surface area contributed by atoms with Gasteiger partial charge in [-0.3, -0.25) is 14.3 Å². The van der Waals surface area contributed by atoms with Gasteiger partial charge >= 0.3 is 0 Å². The number of pyridine rings is 2. The van der Waals surface area contributed by atoms with Crippen LogP contribution in [0.25, 0.3) is 5.69 Å². The van der Waals surface area contributed by atoms with Gasteiger partial charge in [0.25, 0.3) is 5.56 Å². The first kappa shape index (κ1) is 23.6. The summed E-state index contributed by atoms with van der Waals surface area (Å²) in [5.41, 5.74) is 1.62. The van der Waals surface area contributed by atoms with Crippen LogP contribution in [0.3, 0.4) is 0 Å². The van der Waals surface area contributed by atoms with Crippen molar-refractivity contribution in [2.75, 3.05) is 0 Å². The third-order valence-corrected chi connectivity index (χ3v) is 5.47. The largest absolute Gasteiger partial charge is 0.389 e. The van der Waals surface area contributed by atoms with Gasteiger partial charge in [0.15, 0.2) is 6.61 Å². The predicted molar refractivity (Wildman–Crippen MR) is 128 cm³/mol. The van der Waals surface area contributed by atoms with Crippen LogP contribution in [-0.4, -0.2) is 15.3 Å². The van der Waals surface area contributed by atoms with Crippen LogP contribution in [0.1, 0.15) is 22.5 Å². The molecule has 0 radical (unpaired) electrons. The minimum Gasteiger partial charge on any atom is -0.389 e. The third-order valence-electron chi connectivity index (χ3n) is 4.86. The molecule has 0 aliphatic carbocycles. The zero-order valence-electron chi connectivity index (χ0n) is 17.8. The molecular formula is C25H17Cl2F2N3O2. The van der Waals surface area contributed by atoms with E-state index in [1.165, 1.54) is 29.0 Å². The smallest absolute Gasteiger partial charge is 0.255 e. The number of nitrogens with zero attached hydrogens (tertiary/aromatic N) is 3. The van der Waals surface area contributed by atoms with E-state index in [2.05, 4.69) is 10.1 Å². The molecule has 0 fully saturated rings. The number of aromatic nitrogens is 2. The Morgan fingerprint density at radius 2 is 1.76 bits per heavy atom. The van der Waals surface area contributed by atoms with E-state index < -0.39 is 17.2 Å². The van der Waals surface area contributed by atoms with E-state index in [1.54, 1.807) is 24.3 Å². The molecule has 5 nitrogen and oxygen atoms in total. The van der Waals surface area contributed by atoms with Crippen molar-refractivity contribution >= 4 is 28.9 Å². The molecule has 0 bridgehead atoms. The number of hydrogen-bond acceptors (Lipinski definition) is 4. The third kappa shape index (κ3) is 5.16. The zero-order valence-corrected chi connectivity index (χ0v) is 19.3. The minimum absolute atomic E-state index is 0.0178. The molecule has 0 unspecified atom stereocenters. The van der Waals surface area contributed by atoms with E-state index in [9.17, 15) is 13.6 Å². The molecule has 2 aromatic heterocycles. The van der Waals surface area contributed by atoms with Gasteiger partial charge in [0, 0.05) is 35.2 Å². The Bertz CT molecular complexity index is 1430. The maximum atomic E-state index is 14.7. The van der Waals surface area contributed by atoms with Crippen molar-refractivity contribution in [3.8, 4) is 5.69 Å². The van der Waals surface area contributed by atoms with Crippen LogP contribution in [0, 0.1) is 18.6 Å². The molecule has 34 heavy (non-hydrogen) atoms. The Morgan fingerprint density at radius 3 is 2.47 bits per heavy atom. The van der Waals surface area contributed by atoms with Crippen LogP contribution in [0.2, 0.25) is 10.0 Å². The van der Waals surface area contributed by atoms with E-state index in [-0.39, 0.29) is 33.6 Å². The first-order valence-electron chi connectivity index (χ1n) is 10.1. The van der Waals surface area contributed by atoms with Crippen molar-refractivity contribution < 1.29 is 13.6 Å². The molecule has 0 N–H and O–H groups in total. The van der Waals surface area contributed by atoms with Crippen LogP contribution in [0.15, 0.2) is 82.9 Å². The zero-order chi connectivity index (χ0) is 24.2. The van der Waals surface area contributed by atoms with Gasteiger partial charge in [0.05, 0.1) is 21.4 Å². The summed E-state index contributed by atoms with van der Waals surface area (Å²) < 4.78 is 29.5. The van der Waals surface area contributed by atoms with Gasteiger partial charge in [0.1, 0.15) is 17.3 Å². The summed E-state index contributed by atoms with van der Waals surface area (Å²) in [4.78, 5) is 22.4. The lowest BCUT2D eigenvalue weighted by molar-refractivity contribution is 0.128. The lowest BCUT2D eigenvalue weighted by atomic mass is 10.0. The lowest BCUT2D eigenvalue weighted by Crippen LogP contribution is -2.20. The summed E-state index contributed by atoms with van der Waals surface area (Å²) in [7, 11) is 0. The Morgan fingerprint density at radius 1 is 1.03 bits per heavy atom. The quantitative estimate of drug-likeness (QED) is 0.238. The highest BCUT2D eigenvalue weighted by atomic mass is 35.5. The lowest BCUT2D eigenvalue weighted by Gasteiger charge is -2.13. The van der Waals surface area contributed by atoms with Gasteiger partial charge in [-0.2, -0.15) is 0 Å². The molecule has 2 aromatic carbocycles. The van der Waals surface area contributed by atoms with Gasteiger partial charge in [0.2, 0.25) is 0 Å². The van der Waals surface area contributed by atoms with Crippen LogP contribution >= 0.6 is 23.2 Å². The standard InChI is InChI=1S/C25H17Cl2F2N3O2/c1-15-4-2-5-18(30-15)14-34-31-24(19-10-9-17(28)12-22(19)29)16-8-11-23(33)32(13-16)25-20(26)6-3-7-21(25)27/h2-13H,14H2,1H3. The fraction of sp³-hybridized carbons (Fsp3) is 0.0800. The van der Waals surface area contributed by atoms with Crippen molar-refractivity contribution in [3.05, 3.63) is 127 Å². The second-order valence-electron chi connectivity index (χ2n) is 7.30. The normalized spacial score (nSPS) is 11.5. The van der Waals surface area contributed by atoms with Crippen LogP contribution in [0.4, 0.5) is 8.78 Å². The topological polar surface area (TPSA) is 56.5 Å². The molecule has 0 aliphatic rings. The van der Waals surface area contributed by atoms with Gasteiger partial charge < -0.3 is 4.84 Å². The van der Waals surface area contributed by atoms with E-state index in [4.69, 9.17) is 28.0 Å². The summed E-state index contributed by atoms with van der Waals surface area (Å²) in [5.74, 6) is -1.58. The van der Waals surface area contributed by atoms with Crippen molar-refractivity contribution in [2.24, 2.45) is 5.16 Å². The van der Waals surface area contributed by atoms with Gasteiger partial charge in [-0.25, -0.2) is 8.78 Å². The summed E-state index contributed by atoms with van der Waals surface area (Å²) in [5, 5.41) is 4.62. The molecule has 4 rings (SSSR count). The van der Waals surface area contributed by atoms with E-state index >= 15 is 0 Å². The summed E-state index contributed by atoms with van der Waals surface area (Å²) in [6.45, 7) is 1.86. The minimum atomic E-state index is -0.843. The summed E-state index contributed by atoms with van der Waals surface area (Å²) in [6.07, 6.45) is 1.42. The molecule has 0 aliphatic heterocycles. The second kappa shape index (κ2) is 10.2. The van der Waals surface area contributed by atoms with Crippen molar-refractivity contribution in [3.63, 3.8) is 0 Å². The van der Waals surface area contributed by atoms with Crippen molar-refractivity contribution in [1.82, 2.24) is 9.55 Å². The Labute approximate surface area is 203 Å².